The van der Waals surface area contributed by atoms with E-state index in [0.717, 1.165) is 6.42 Å². The molecule has 4 nitrogen and oxygen atoms in total. The van der Waals surface area contributed by atoms with Crippen molar-refractivity contribution in [2.75, 3.05) is 12.4 Å². The van der Waals surface area contributed by atoms with Gasteiger partial charge in [-0.15, -0.1) is 6.58 Å². The van der Waals surface area contributed by atoms with Crippen LogP contribution < -0.4 is 0 Å². The number of unbranched alkanes of at least 4 members (excludes halogenated alkanes) is 1. The van der Waals surface area contributed by atoms with Crippen LogP contribution >= 0.6 is 0 Å². The largest absolute Gasteiger partial charge is 0.465 e. The third-order valence-electron chi connectivity index (χ3n) is 2.06. The zero-order valence-corrected chi connectivity index (χ0v) is 11.0. The molecule has 0 aromatic carbocycles. The average Bonchev–Trinajstić information content (AvgIpc) is 2.10. The van der Waals surface area contributed by atoms with E-state index in [2.05, 4.69) is 6.58 Å². The number of carbonyl (C=O) groups excluding carboxylic acids is 1. The molecule has 0 fully saturated rings. The van der Waals surface area contributed by atoms with Crippen LogP contribution in [0.2, 0.25) is 0 Å². The van der Waals surface area contributed by atoms with Gasteiger partial charge in [-0.2, -0.15) is 0 Å². The van der Waals surface area contributed by atoms with Crippen molar-refractivity contribution in [3.63, 3.8) is 0 Å². The van der Waals surface area contributed by atoms with Gasteiger partial charge in [0.15, 0.2) is 9.84 Å². The van der Waals surface area contributed by atoms with Crippen LogP contribution in [0.1, 0.15) is 33.6 Å². The molecule has 0 aromatic rings. The number of ether oxygens (including phenoxy) is 1. The van der Waals surface area contributed by atoms with Crippen LogP contribution in [-0.4, -0.2) is 31.5 Å². The molecule has 0 heterocycles. The molecule has 0 atom stereocenters. The Bertz CT molecular complexity index is 335. The Kier molecular flexibility index (Phi) is 5.72. The molecule has 0 amide bonds. The van der Waals surface area contributed by atoms with Gasteiger partial charge in [-0.3, -0.25) is 4.79 Å². The molecule has 16 heavy (non-hydrogen) atoms. The van der Waals surface area contributed by atoms with E-state index < -0.39 is 26.3 Å². The molecule has 0 rings (SSSR count). The Morgan fingerprint density at radius 3 is 2.38 bits per heavy atom. The highest BCUT2D eigenvalue weighted by molar-refractivity contribution is 7.93. The van der Waals surface area contributed by atoms with E-state index in [1.54, 1.807) is 26.8 Å². The molecule has 0 saturated carbocycles. The lowest BCUT2D eigenvalue weighted by atomic mass is 10.3. The van der Waals surface area contributed by atoms with E-state index in [0.29, 0.717) is 6.42 Å². The fraction of sp³-hybridized carbons (Fsp3) is 0.727. The third kappa shape index (κ3) is 5.30. The van der Waals surface area contributed by atoms with E-state index in [1.165, 1.54) is 0 Å². The van der Waals surface area contributed by atoms with Crippen LogP contribution in [0.5, 0.6) is 0 Å². The smallest absolute Gasteiger partial charge is 0.321 e. The van der Waals surface area contributed by atoms with Crippen molar-refractivity contribution >= 4 is 15.8 Å². The minimum atomic E-state index is -3.43. The highest BCUT2D eigenvalue weighted by Crippen LogP contribution is 2.15. The van der Waals surface area contributed by atoms with Gasteiger partial charge >= 0.3 is 5.97 Å². The first-order valence-corrected chi connectivity index (χ1v) is 6.85. The van der Waals surface area contributed by atoms with Gasteiger partial charge in [-0.05, 0) is 33.6 Å². The van der Waals surface area contributed by atoms with Crippen molar-refractivity contribution in [1.29, 1.82) is 0 Å². The van der Waals surface area contributed by atoms with Gasteiger partial charge < -0.3 is 4.74 Å². The number of esters is 1. The van der Waals surface area contributed by atoms with Crippen LogP contribution in [0.3, 0.4) is 0 Å². The third-order valence-corrected chi connectivity index (χ3v) is 4.54. The quantitative estimate of drug-likeness (QED) is 0.408. The molecular weight excluding hydrogens is 228 g/mol. The van der Waals surface area contributed by atoms with Crippen LogP contribution in [0, 0.1) is 0 Å². The highest BCUT2D eigenvalue weighted by atomic mass is 32.2. The summed E-state index contributed by atoms with van der Waals surface area (Å²) in [6, 6.07) is 0. The Hall–Kier alpha value is -0.840. The number of sulfone groups is 1. The number of carbonyl (C=O) groups is 1. The van der Waals surface area contributed by atoms with E-state index in [9.17, 15) is 13.2 Å². The zero-order valence-electron chi connectivity index (χ0n) is 10.2. The molecule has 0 aliphatic rings. The lowest BCUT2D eigenvalue weighted by molar-refractivity contribution is -0.140. The summed E-state index contributed by atoms with van der Waals surface area (Å²) in [5.41, 5.74) is 0. The van der Waals surface area contributed by atoms with Gasteiger partial charge in [0.2, 0.25) is 0 Å². The van der Waals surface area contributed by atoms with Crippen molar-refractivity contribution in [2.24, 2.45) is 0 Å². The minimum Gasteiger partial charge on any atom is -0.465 e. The van der Waals surface area contributed by atoms with Gasteiger partial charge in [-0.25, -0.2) is 8.42 Å². The van der Waals surface area contributed by atoms with Gasteiger partial charge in [0.1, 0.15) is 5.75 Å². The van der Waals surface area contributed by atoms with Crippen LogP contribution in [-0.2, 0) is 19.4 Å². The predicted octanol–water partition coefficient (Wildman–Crippen LogP) is 1.71. The van der Waals surface area contributed by atoms with Crippen molar-refractivity contribution in [2.45, 2.75) is 38.4 Å². The maximum Gasteiger partial charge on any atom is 0.321 e. The second-order valence-electron chi connectivity index (χ2n) is 4.52. The number of allylic oxidation sites excluding steroid dienone is 1. The maximum atomic E-state index is 11.6. The number of hydrogen-bond acceptors (Lipinski definition) is 4. The van der Waals surface area contributed by atoms with Gasteiger partial charge in [0, 0.05) is 0 Å². The molecule has 0 saturated heterocycles. The van der Waals surface area contributed by atoms with Crippen molar-refractivity contribution in [3.8, 4) is 0 Å². The molecule has 0 bridgehead atoms. The molecule has 0 aromatic heterocycles. The summed E-state index contributed by atoms with van der Waals surface area (Å²) in [5, 5.41) is 0. The normalized spacial score (nSPS) is 12.2. The fourth-order valence-electron chi connectivity index (χ4n) is 0.827. The Balaban J connectivity index is 4.11. The van der Waals surface area contributed by atoms with Crippen molar-refractivity contribution in [1.82, 2.24) is 0 Å². The summed E-state index contributed by atoms with van der Waals surface area (Å²) in [6.45, 7) is 8.46. The molecule has 0 spiro atoms. The zero-order chi connectivity index (χ0) is 12.8. The van der Waals surface area contributed by atoms with Crippen LogP contribution in [0.25, 0.3) is 0 Å². The second-order valence-corrected chi connectivity index (χ2v) is 7.27. The lowest BCUT2D eigenvalue weighted by Crippen LogP contribution is -2.34. The van der Waals surface area contributed by atoms with E-state index >= 15 is 0 Å². The molecule has 0 radical (unpaired) electrons. The lowest BCUT2D eigenvalue weighted by Gasteiger charge is -2.18. The summed E-state index contributed by atoms with van der Waals surface area (Å²) in [4.78, 5) is 11.2. The SMILES string of the molecule is C=CCCCOC(=O)CS(=O)(=O)C(C)(C)C. The average molecular weight is 248 g/mol. The monoisotopic (exact) mass is 248 g/mol. The molecule has 0 aliphatic carbocycles. The topological polar surface area (TPSA) is 60.4 Å². The standard InChI is InChI=1S/C11H20O4S/c1-5-6-7-8-15-10(12)9-16(13,14)11(2,3)4/h5H,1,6-9H2,2-4H3. The van der Waals surface area contributed by atoms with E-state index in [-0.39, 0.29) is 6.61 Å². The van der Waals surface area contributed by atoms with E-state index in [4.69, 9.17) is 4.74 Å². The number of hydrogen-bond donors (Lipinski definition) is 0. The first-order valence-electron chi connectivity index (χ1n) is 5.19. The maximum absolute atomic E-state index is 11.6. The highest BCUT2D eigenvalue weighted by Gasteiger charge is 2.31. The van der Waals surface area contributed by atoms with Crippen molar-refractivity contribution < 1.29 is 17.9 Å². The molecule has 0 N–H and O–H groups in total. The van der Waals surface area contributed by atoms with Crippen LogP contribution in [0.4, 0.5) is 0 Å². The van der Waals surface area contributed by atoms with Gasteiger partial charge in [-0.1, -0.05) is 6.08 Å². The summed E-state index contributed by atoms with van der Waals surface area (Å²) in [7, 11) is -3.43. The Labute approximate surface area is 97.6 Å². The number of rotatable bonds is 6. The first kappa shape index (κ1) is 15.2. The van der Waals surface area contributed by atoms with E-state index in [1.807, 2.05) is 0 Å². The summed E-state index contributed by atoms with van der Waals surface area (Å²) < 4.78 is 27.2. The fourth-order valence-corrected chi connectivity index (χ4v) is 1.65. The molecule has 5 heteroatoms. The van der Waals surface area contributed by atoms with Gasteiger partial charge in [0.25, 0.3) is 0 Å². The second kappa shape index (κ2) is 6.03. The minimum absolute atomic E-state index is 0.241. The summed E-state index contributed by atoms with van der Waals surface area (Å²) in [6.07, 6.45) is 3.14. The molecule has 94 valence electrons. The molecular formula is C11H20O4S. The summed E-state index contributed by atoms with van der Waals surface area (Å²) in [5.74, 6) is -1.23. The first-order chi connectivity index (χ1) is 7.20. The van der Waals surface area contributed by atoms with Crippen molar-refractivity contribution in [3.05, 3.63) is 12.7 Å². The Morgan fingerprint density at radius 2 is 1.94 bits per heavy atom. The summed E-state index contributed by atoms with van der Waals surface area (Å²) >= 11 is 0. The van der Waals surface area contributed by atoms with Gasteiger partial charge in [0.05, 0.1) is 11.4 Å². The predicted molar refractivity (Wildman–Crippen MR) is 63.9 cm³/mol. The molecule has 0 unspecified atom stereocenters. The molecule has 0 aliphatic heterocycles. The Morgan fingerprint density at radius 1 is 1.38 bits per heavy atom. The van der Waals surface area contributed by atoms with Crippen LogP contribution in [0.15, 0.2) is 12.7 Å².